The molecular weight excluding hydrogens is 977 g/mol. The molecule has 0 spiro atoms. The van der Waals surface area contributed by atoms with E-state index >= 15 is 0 Å². The summed E-state index contributed by atoms with van der Waals surface area (Å²) in [5.41, 5.74) is 38.6. The zero-order chi connectivity index (χ0) is 54.3. The van der Waals surface area contributed by atoms with Gasteiger partial charge in [-0.05, 0) is 179 Å². The lowest BCUT2D eigenvalue weighted by atomic mass is 9.83. The number of hydrogen-bond donors (Lipinski definition) is 0. The van der Waals surface area contributed by atoms with Crippen molar-refractivity contribution in [2.75, 3.05) is 9.80 Å². The van der Waals surface area contributed by atoms with Crippen LogP contribution in [0.3, 0.4) is 0 Å². The molecule has 5 aromatic rings. The predicted molar refractivity (Wildman–Crippen MR) is 339 cm³/mol. The molecule has 2 nitrogen and oxygen atoms in total. The third kappa shape index (κ3) is 9.41. The predicted octanol–water partition coefficient (Wildman–Crippen LogP) is 19.3. The Morgan fingerprint density at radius 1 is 0.654 bits per heavy atom. The molecule has 2 saturated carbocycles. The van der Waals surface area contributed by atoms with Gasteiger partial charge in [-0.3, -0.25) is 0 Å². The smallest absolute Gasteiger partial charge is 0.0937 e. The molecule has 0 radical (unpaired) electrons. The highest BCUT2D eigenvalue weighted by molar-refractivity contribution is 5.91. The number of allylic oxidation sites excluding steroid dienone is 26. The van der Waals surface area contributed by atoms with E-state index in [0.717, 1.165) is 99.4 Å². The molecule has 0 amide bonds. The van der Waals surface area contributed by atoms with Crippen LogP contribution in [0.15, 0.2) is 341 Å². The number of nitrogens with zero attached hydrogens (tertiary/aromatic N) is 2. The lowest BCUT2D eigenvalue weighted by molar-refractivity contribution is 0.723. The third-order valence-corrected chi connectivity index (χ3v) is 17.1. The van der Waals surface area contributed by atoms with E-state index in [2.05, 4.69) is 283 Å². The Labute approximate surface area is 477 Å². The van der Waals surface area contributed by atoms with Crippen LogP contribution in [0.4, 0.5) is 17.1 Å². The molecule has 1 aliphatic heterocycles. The molecule has 2 heteroatoms. The largest absolute Gasteiger partial charge is 0.324 e. The molecular formula is C79H60N2. The van der Waals surface area contributed by atoms with E-state index in [-0.39, 0.29) is 16.9 Å². The first kappa shape index (κ1) is 49.5. The van der Waals surface area contributed by atoms with Gasteiger partial charge >= 0.3 is 0 Å². The number of benzene rings is 5. The molecule has 2 fully saturated rings. The fourth-order valence-electron chi connectivity index (χ4n) is 12.9. The highest BCUT2D eigenvalue weighted by Crippen LogP contribution is 2.62. The van der Waals surface area contributed by atoms with Crippen molar-refractivity contribution in [3.8, 4) is 0 Å². The molecule has 0 aromatic heterocycles. The van der Waals surface area contributed by atoms with Gasteiger partial charge in [0.1, 0.15) is 0 Å². The summed E-state index contributed by atoms with van der Waals surface area (Å²) in [4.78, 5) is 4.93. The standard InChI is InChI=1S/C79H60N2/c1-56-20-6-5-8-22-58(23-11-10-21-56)63-36-35-57(2)50-66(51-63)60-40-46-70(47-41-60)80(69-44-38-59(39-45-69)65-37-43-67-54-78(67,53-65)75-33-19-27-61-24-12-13-30-72(61)75)68-29-18-26-62(42-48-68)73-31-16-17-49-79(55-76(73)79)81-71-28-9-4-3-7-25-64(52-71)74-32-14-15-34-77(74)81/h4-8,10-15,17-21,24-25,27-35,37-51,53,67,76H,1,3,16,22,54-55H2,2H3/b8-5-,20-6-,21-10-,25-7-. The van der Waals surface area contributed by atoms with Crippen LogP contribution in [0.25, 0.3) is 27.5 Å². The number of hydrogen-bond acceptors (Lipinski definition) is 2. The number of para-hydroxylation sites is 1. The normalized spacial score (nSPS) is 25.2. The highest BCUT2D eigenvalue weighted by atomic mass is 15.3. The van der Waals surface area contributed by atoms with E-state index in [1.807, 2.05) is 30.4 Å². The van der Waals surface area contributed by atoms with E-state index in [1.54, 1.807) is 0 Å². The summed E-state index contributed by atoms with van der Waals surface area (Å²) in [6.07, 6.45) is 57.6. The van der Waals surface area contributed by atoms with Crippen LogP contribution in [0.1, 0.15) is 61.3 Å². The van der Waals surface area contributed by atoms with Crippen LogP contribution >= 0.6 is 0 Å². The van der Waals surface area contributed by atoms with Crippen molar-refractivity contribution in [2.45, 2.75) is 50.0 Å². The van der Waals surface area contributed by atoms with Gasteiger partial charge < -0.3 is 9.80 Å². The SMILES string of the molecule is C=C1/C=C\C=C=C(C2=C=CC(C)=CC(c3ccc(N(C4=CC=C=C(C5=CCC=CC6(N7C8=C=C(/C=C\CC=C=C8)c8ccccc87)CC56)C=C4)c4ccc(C5=CC6(c7cccc8ccccc78)CC6C=C5)cc4)cc3)=C2)C/C=C\C=C/1. The molecule has 5 aromatic carbocycles. The highest BCUT2D eigenvalue weighted by Gasteiger charge is 2.60. The minimum Gasteiger partial charge on any atom is -0.324 e. The van der Waals surface area contributed by atoms with Crippen molar-refractivity contribution in [2.24, 2.45) is 11.8 Å². The first-order chi connectivity index (χ1) is 39.9. The topological polar surface area (TPSA) is 6.48 Å². The Balaban J connectivity index is 0.801. The second-order valence-corrected chi connectivity index (χ2v) is 22.3. The average molecular weight is 1040 g/mol. The van der Waals surface area contributed by atoms with E-state index in [1.165, 1.54) is 44.3 Å². The number of anilines is 3. The van der Waals surface area contributed by atoms with Crippen LogP contribution in [0, 0.1) is 11.8 Å². The summed E-state index contributed by atoms with van der Waals surface area (Å²) in [5.74, 6) is 0.779. The molecule has 4 unspecified atom stereocenters. The Hall–Kier alpha value is -9.82. The summed E-state index contributed by atoms with van der Waals surface area (Å²) < 4.78 is 0. The van der Waals surface area contributed by atoms with E-state index in [4.69, 9.17) is 0 Å². The zero-order valence-corrected chi connectivity index (χ0v) is 45.6. The first-order valence-corrected chi connectivity index (χ1v) is 28.5. The van der Waals surface area contributed by atoms with Gasteiger partial charge in [0.25, 0.3) is 0 Å². The summed E-state index contributed by atoms with van der Waals surface area (Å²) in [6, 6.07) is 42.7. The fraction of sp³-hybridized carbons (Fsp3) is 0.127. The van der Waals surface area contributed by atoms with Crippen LogP contribution in [0.5, 0.6) is 0 Å². The van der Waals surface area contributed by atoms with Crippen LogP contribution < -0.4 is 9.80 Å². The second kappa shape index (κ2) is 20.8. The minimum atomic E-state index is -0.239. The zero-order valence-electron chi connectivity index (χ0n) is 45.6. The van der Waals surface area contributed by atoms with Crippen molar-refractivity contribution >= 4 is 44.6 Å². The van der Waals surface area contributed by atoms with Gasteiger partial charge in [0.2, 0.25) is 0 Å². The van der Waals surface area contributed by atoms with E-state index in [0.29, 0.717) is 5.92 Å². The van der Waals surface area contributed by atoms with Gasteiger partial charge in [-0.25, -0.2) is 0 Å². The van der Waals surface area contributed by atoms with Crippen molar-refractivity contribution < 1.29 is 0 Å². The summed E-state index contributed by atoms with van der Waals surface area (Å²) >= 11 is 0. The molecule has 14 rings (SSSR count). The van der Waals surface area contributed by atoms with Crippen LogP contribution in [-0.4, -0.2) is 5.54 Å². The summed E-state index contributed by atoms with van der Waals surface area (Å²) in [5, 5.41) is 2.65. The second-order valence-electron chi connectivity index (χ2n) is 22.3. The van der Waals surface area contributed by atoms with Crippen LogP contribution in [-0.2, 0) is 5.41 Å². The Bertz CT molecular complexity index is 4290. The molecule has 0 N–H and O–H groups in total. The van der Waals surface area contributed by atoms with E-state index < -0.39 is 0 Å². The maximum Gasteiger partial charge on any atom is 0.0937 e. The average Bonchev–Trinajstić information content (AvgIpc) is 3.95. The lowest BCUT2D eigenvalue weighted by Gasteiger charge is -2.36. The van der Waals surface area contributed by atoms with Gasteiger partial charge in [0.15, 0.2) is 0 Å². The minimum absolute atomic E-state index is 0.0135. The molecule has 2 bridgehead atoms. The van der Waals surface area contributed by atoms with Crippen molar-refractivity contribution in [1.82, 2.24) is 0 Å². The fourth-order valence-corrected chi connectivity index (χ4v) is 12.9. The monoisotopic (exact) mass is 1040 g/mol. The first-order valence-electron chi connectivity index (χ1n) is 28.5. The van der Waals surface area contributed by atoms with Crippen LogP contribution in [0.2, 0.25) is 0 Å². The van der Waals surface area contributed by atoms with Gasteiger partial charge in [-0.1, -0.05) is 188 Å². The van der Waals surface area contributed by atoms with Gasteiger partial charge in [-0.15, -0.1) is 22.9 Å². The maximum atomic E-state index is 4.13. The van der Waals surface area contributed by atoms with Crippen molar-refractivity contribution in [3.63, 3.8) is 0 Å². The molecule has 386 valence electrons. The van der Waals surface area contributed by atoms with Gasteiger partial charge in [-0.2, -0.15) is 0 Å². The summed E-state index contributed by atoms with van der Waals surface area (Å²) in [6.45, 7) is 6.27. The Morgan fingerprint density at radius 3 is 2.36 bits per heavy atom. The number of fused-ring (bicyclic) bond motifs is 5. The lowest BCUT2D eigenvalue weighted by Crippen LogP contribution is -2.38. The number of rotatable bonds is 9. The quantitative estimate of drug-likeness (QED) is 0.107. The Morgan fingerprint density at radius 2 is 1.47 bits per heavy atom. The molecule has 9 aliphatic rings. The Kier molecular flexibility index (Phi) is 12.7. The molecule has 81 heavy (non-hydrogen) atoms. The molecule has 1 heterocycles. The van der Waals surface area contributed by atoms with Crippen molar-refractivity contribution in [3.05, 3.63) is 363 Å². The molecule has 0 saturated heterocycles. The molecule has 8 aliphatic carbocycles. The van der Waals surface area contributed by atoms with Gasteiger partial charge in [0.05, 0.1) is 16.9 Å². The third-order valence-electron chi connectivity index (χ3n) is 17.1. The molecule has 4 atom stereocenters. The van der Waals surface area contributed by atoms with Gasteiger partial charge in [0, 0.05) is 62.3 Å². The maximum absolute atomic E-state index is 4.13. The van der Waals surface area contributed by atoms with Crippen molar-refractivity contribution in [1.29, 1.82) is 0 Å². The summed E-state index contributed by atoms with van der Waals surface area (Å²) in [7, 11) is 0. The van der Waals surface area contributed by atoms with E-state index in [9.17, 15) is 0 Å².